The molecule has 0 unspecified atom stereocenters. The number of methoxy groups -OCH3 is 2. The number of nitrogens with zero attached hydrogens (tertiary/aromatic N) is 3. The second-order valence-electron chi connectivity index (χ2n) is 8.37. The van der Waals surface area contributed by atoms with Gasteiger partial charge in [0, 0.05) is 42.0 Å². The van der Waals surface area contributed by atoms with Gasteiger partial charge in [-0.25, -0.2) is 4.98 Å². The fraction of sp³-hybridized carbons (Fsp3) is 0.480. The van der Waals surface area contributed by atoms with Crippen LogP contribution in [0, 0.1) is 11.8 Å². The Morgan fingerprint density at radius 1 is 1.24 bits per heavy atom. The maximum Gasteiger partial charge on any atom is 0.310 e. The van der Waals surface area contributed by atoms with Crippen LogP contribution in [-0.4, -0.2) is 60.4 Å². The standard InChI is InChI=1S/C25H31N3O3S2/c1-30-20-6-7-23-21(16-20)18(8-10-26-23)4-3-5-19-9-12-28(17-22(19)24(29)31-2)13-15-33-25-27-11-14-32-25/h6-8,10-11,14,16,19,22H,3-5,9,12-13,15,17H2,1-2H3/t19-,22+/m1/s1. The number of pyridine rings is 1. The normalized spacial score (nSPS) is 19.0. The number of thiazole rings is 1. The van der Waals surface area contributed by atoms with E-state index in [4.69, 9.17) is 9.47 Å². The number of aryl methyl sites for hydroxylation is 1. The van der Waals surface area contributed by atoms with E-state index < -0.39 is 0 Å². The molecule has 1 aliphatic heterocycles. The summed E-state index contributed by atoms with van der Waals surface area (Å²) < 4.78 is 11.7. The van der Waals surface area contributed by atoms with E-state index in [1.807, 2.05) is 29.9 Å². The summed E-state index contributed by atoms with van der Waals surface area (Å²) in [7, 11) is 3.20. The van der Waals surface area contributed by atoms with Gasteiger partial charge in [-0.05, 0) is 68.0 Å². The molecular formula is C25H31N3O3S2. The minimum atomic E-state index is -0.0728. The highest BCUT2D eigenvalue weighted by Gasteiger charge is 2.34. The Kier molecular flexibility index (Phi) is 8.58. The van der Waals surface area contributed by atoms with Gasteiger partial charge in [0.1, 0.15) is 10.1 Å². The Balaban J connectivity index is 1.32. The summed E-state index contributed by atoms with van der Waals surface area (Å²) in [5.74, 6) is 2.08. The predicted octanol–water partition coefficient (Wildman–Crippen LogP) is 4.93. The van der Waals surface area contributed by atoms with Crippen molar-refractivity contribution in [2.45, 2.75) is 30.0 Å². The Morgan fingerprint density at radius 3 is 2.94 bits per heavy atom. The molecule has 4 rings (SSSR count). The van der Waals surface area contributed by atoms with Crippen molar-refractivity contribution in [2.24, 2.45) is 11.8 Å². The average molecular weight is 486 g/mol. The first-order valence-electron chi connectivity index (χ1n) is 11.4. The second-order valence-corrected chi connectivity index (χ2v) is 10.6. The van der Waals surface area contributed by atoms with Crippen LogP contribution in [-0.2, 0) is 16.0 Å². The van der Waals surface area contributed by atoms with Gasteiger partial charge in [-0.15, -0.1) is 11.3 Å². The van der Waals surface area contributed by atoms with Crippen molar-refractivity contribution in [1.82, 2.24) is 14.9 Å². The number of piperidine rings is 1. The summed E-state index contributed by atoms with van der Waals surface area (Å²) in [5, 5.41) is 3.15. The van der Waals surface area contributed by atoms with Gasteiger partial charge in [0.15, 0.2) is 0 Å². The van der Waals surface area contributed by atoms with Gasteiger partial charge in [-0.2, -0.15) is 0 Å². The van der Waals surface area contributed by atoms with E-state index in [-0.39, 0.29) is 11.9 Å². The van der Waals surface area contributed by atoms with Crippen LogP contribution in [0.1, 0.15) is 24.8 Å². The first-order valence-corrected chi connectivity index (χ1v) is 13.3. The topological polar surface area (TPSA) is 64.5 Å². The van der Waals surface area contributed by atoms with Crippen LogP contribution in [0.4, 0.5) is 0 Å². The van der Waals surface area contributed by atoms with Crippen LogP contribution < -0.4 is 4.74 Å². The highest BCUT2D eigenvalue weighted by atomic mass is 32.2. The van der Waals surface area contributed by atoms with E-state index >= 15 is 0 Å². The Hall–Kier alpha value is -2.16. The summed E-state index contributed by atoms with van der Waals surface area (Å²) in [6.07, 6.45) is 7.78. The number of aromatic nitrogens is 2. The average Bonchev–Trinajstić information content (AvgIpc) is 3.37. The second kappa shape index (κ2) is 11.8. The molecule has 1 saturated heterocycles. The van der Waals surface area contributed by atoms with Crippen molar-refractivity contribution in [3.05, 3.63) is 47.6 Å². The molecule has 0 N–H and O–H groups in total. The summed E-state index contributed by atoms with van der Waals surface area (Å²) in [5.41, 5.74) is 2.27. The number of carbonyl (C=O) groups excluding carboxylic acids is 1. The molecule has 0 aliphatic carbocycles. The van der Waals surface area contributed by atoms with Gasteiger partial charge in [-0.1, -0.05) is 11.8 Å². The van der Waals surface area contributed by atoms with Crippen LogP contribution >= 0.6 is 23.1 Å². The molecule has 2 atom stereocenters. The molecule has 0 amide bonds. The smallest absolute Gasteiger partial charge is 0.310 e. The van der Waals surface area contributed by atoms with Crippen molar-refractivity contribution in [3.8, 4) is 5.75 Å². The number of fused-ring (bicyclic) bond motifs is 1. The molecule has 2 aromatic heterocycles. The Labute approximate surface area is 203 Å². The molecule has 3 heterocycles. The van der Waals surface area contributed by atoms with E-state index in [1.54, 1.807) is 30.2 Å². The molecular weight excluding hydrogens is 454 g/mol. The number of esters is 1. The first-order chi connectivity index (χ1) is 16.2. The summed E-state index contributed by atoms with van der Waals surface area (Å²) >= 11 is 3.46. The predicted molar refractivity (Wildman–Crippen MR) is 134 cm³/mol. The Morgan fingerprint density at radius 2 is 2.15 bits per heavy atom. The molecule has 0 spiro atoms. The maximum absolute atomic E-state index is 12.6. The van der Waals surface area contributed by atoms with E-state index in [2.05, 4.69) is 27.0 Å². The highest BCUT2D eigenvalue weighted by Crippen LogP contribution is 2.31. The first kappa shape index (κ1) is 24.0. The van der Waals surface area contributed by atoms with E-state index in [0.717, 1.165) is 72.1 Å². The number of benzene rings is 1. The number of rotatable bonds is 10. The number of likely N-dealkylation sites (tertiary alicyclic amines) is 1. The Bertz CT molecular complexity index is 1040. The monoisotopic (exact) mass is 485 g/mol. The maximum atomic E-state index is 12.6. The summed E-state index contributed by atoms with van der Waals surface area (Å²) in [6.45, 7) is 2.78. The van der Waals surface area contributed by atoms with E-state index in [0.29, 0.717) is 5.92 Å². The van der Waals surface area contributed by atoms with Gasteiger partial charge in [0.25, 0.3) is 0 Å². The number of ether oxygens (including phenoxy) is 2. The zero-order valence-electron chi connectivity index (χ0n) is 19.2. The van der Waals surface area contributed by atoms with Crippen LogP contribution in [0.5, 0.6) is 5.75 Å². The van der Waals surface area contributed by atoms with Crippen molar-refractivity contribution >= 4 is 40.0 Å². The van der Waals surface area contributed by atoms with Crippen LogP contribution in [0.25, 0.3) is 10.9 Å². The number of hydrogen-bond donors (Lipinski definition) is 0. The van der Waals surface area contributed by atoms with E-state index in [1.165, 1.54) is 12.7 Å². The molecule has 1 aliphatic rings. The highest BCUT2D eigenvalue weighted by molar-refractivity contribution is 8.01. The molecule has 6 nitrogen and oxygen atoms in total. The number of thioether (sulfide) groups is 1. The van der Waals surface area contributed by atoms with Gasteiger partial charge in [-0.3, -0.25) is 9.78 Å². The summed E-state index contributed by atoms with van der Waals surface area (Å²) in [4.78, 5) is 23.8. The molecule has 3 aromatic rings. The van der Waals surface area contributed by atoms with Gasteiger partial charge >= 0.3 is 5.97 Å². The number of carbonyl (C=O) groups is 1. The molecule has 1 fully saturated rings. The van der Waals surface area contributed by atoms with Crippen molar-refractivity contribution in [2.75, 3.05) is 39.6 Å². The fourth-order valence-electron chi connectivity index (χ4n) is 4.66. The van der Waals surface area contributed by atoms with Crippen molar-refractivity contribution in [3.63, 3.8) is 0 Å². The molecule has 8 heteroatoms. The minimum absolute atomic E-state index is 0.0529. The van der Waals surface area contributed by atoms with Crippen LogP contribution in [0.2, 0.25) is 0 Å². The fourth-order valence-corrected chi connectivity index (χ4v) is 6.37. The quantitative estimate of drug-likeness (QED) is 0.298. The minimum Gasteiger partial charge on any atom is -0.497 e. The third-order valence-electron chi connectivity index (χ3n) is 6.45. The molecule has 1 aromatic carbocycles. The third-order valence-corrected chi connectivity index (χ3v) is 8.39. The molecule has 0 radical (unpaired) electrons. The largest absolute Gasteiger partial charge is 0.497 e. The third kappa shape index (κ3) is 6.25. The van der Waals surface area contributed by atoms with E-state index in [9.17, 15) is 4.79 Å². The van der Waals surface area contributed by atoms with Crippen LogP contribution in [0.3, 0.4) is 0 Å². The number of hydrogen-bond acceptors (Lipinski definition) is 8. The van der Waals surface area contributed by atoms with Gasteiger partial charge in [0.2, 0.25) is 0 Å². The lowest BCUT2D eigenvalue weighted by atomic mass is 9.81. The van der Waals surface area contributed by atoms with Gasteiger partial charge in [0.05, 0.1) is 25.7 Å². The molecule has 0 bridgehead atoms. The van der Waals surface area contributed by atoms with Crippen molar-refractivity contribution < 1.29 is 14.3 Å². The van der Waals surface area contributed by atoms with Gasteiger partial charge < -0.3 is 14.4 Å². The summed E-state index contributed by atoms with van der Waals surface area (Å²) in [6, 6.07) is 8.12. The zero-order chi connectivity index (χ0) is 23.0. The lowest BCUT2D eigenvalue weighted by Gasteiger charge is -2.37. The lowest BCUT2D eigenvalue weighted by molar-refractivity contribution is -0.149. The van der Waals surface area contributed by atoms with Crippen LogP contribution in [0.15, 0.2) is 46.4 Å². The molecule has 33 heavy (non-hydrogen) atoms. The van der Waals surface area contributed by atoms with Crippen molar-refractivity contribution in [1.29, 1.82) is 0 Å². The molecule has 176 valence electrons. The molecule has 0 saturated carbocycles. The zero-order valence-corrected chi connectivity index (χ0v) is 20.9. The lowest BCUT2D eigenvalue weighted by Crippen LogP contribution is -2.45. The SMILES string of the molecule is COC(=O)[C@H]1CN(CCSc2nccs2)CC[C@H]1CCCc1ccnc2ccc(OC)cc12.